The zero-order chi connectivity index (χ0) is 45.9. The standard InChI is InChI=1S/C64H45N5/c1-5-17-53(18-6-1)67(54-19-7-2-8-20-54)57-33-25-47(26-34-57)50-31-39-62-60(44-50)61-45-51(48-27-35-58(36-28-48)68(55-21-9-3-10-22-55)56-23-11-4-12-24-56)32-40-63(61)69(62)59-37-29-46(30-38-59)49-15-13-16-52(43-49)64-65-41-14-42-66-64/h1-45H. The molecule has 10 aromatic carbocycles. The Morgan fingerprint density at radius 1 is 0.261 bits per heavy atom. The average molecular weight is 884 g/mol. The minimum Gasteiger partial charge on any atom is -0.311 e. The molecule has 5 heteroatoms. The molecule has 326 valence electrons. The number of nitrogens with zero attached hydrogens (tertiary/aromatic N) is 5. The van der Waals surface area contributed by atoms with Gasteiger partial charge in [0, 0.05) is 68.5 Å². The van der Waals surface area contributed by atoms with E-state index < -0.39 is 0 Å². The molecule has 0 atom stereocenters. The van der Waals surface area contributed by atoms with Gasteiger partial charge >= 0.3 is 0 Å². The van der Waals surface area contributed by atoms with Crippen LogP contribution in [0.5, 0.6) is 0 Å². The van der Waals surface area contributed by atoms with Crippen molar-refractivity contribution in [1.29, 1.82) is 0 Å². The molecule has 0 amide bonds. The molecule has 0 fully saturated rings. The van der Waals surface area contributed by atoms with E-state index >= 15 is 0 Å². The molecular formula is C64H45N5. The van der Waals surface area contributed by atoms with Gasteiger partial charge in [-0.1, -0.05) is 140 Å². The van der Waals surface area contributed by atoms with Crippen LogP contribution in [0.25, 0.3) is 72.3 Å². The summed E-state index contributed by atoms with van der Waals surface area (Å²) in [6.45, 7) is 0. The summed E-state index contributed by atoms with van der Waals surface area (Å²) in [5.74, 6) is 0.717. The molecule has 69 heavy (non-hydrogen) atoms. The first-order chi connectivity index (χ1) is 34.2. The van der Waals surface area contributed by atoms with E-state index in [2.05, 4.69) is 279 Å². The van der Waals surface area contributed by atoms with Crippen molar-refractivity contribution in [2.24, 2.45) is 0 Å². The van der Waals surface area contributed by atoms with E-state index in [1.54, 1.807) is 12.4 Å². The third-order valence-corrected chi connectivity index (χ3v) is 12.9. The molecule has 5 nitrogen and oxygen atoms in total. The minimum absolute atomic E-state index is 0.717. The van der Waals surface area contributed by atoms with Gasteiger partial charge in [-0.25, -0.2) is 9.97 Å². The molecule has 0 aliphatic carbocycles. The van der Waals surface area contributed by atoms with E-state index in [-0.39, 0.29) is 0 Å². The molecule has 2 aromatic heterocycles. The van der Waals surface area contributed by atoms with Crippen molar-refractivity contribution in [3.05, 3.63) is 273 Å². The van der Waals surface area contributed by atoms with Gasteiger partial charge in [0.15, 0.2) is 5.82 Å². The van der Waals surface area contributed by atoms with Crippen molar-refractivity contribution >= 4 is 55.9 Å². The Bertz CT molecular complexity index is 3410. The van der Waals surface area contributed by atoms with Gasteiger partial charge in [-0.05, 0) is 155 Å². The number of benzene rings is 10. The Kier molecular flexibility index (Phi) is 10.8. The number of hydrogen-bond donors (Lipinski definition) is 0. The maximum Gasteiger partial charge on any atom is 0.159 e. The first kappa shape index (κ1) is 41.1. The maximum absolute atomic E-state index is 4.49. The highest BCUT2D eigenvalue weighted by Crippen LogP contribution is 2.41. The molecule has 0 spiro atoms. The summed E-state index contributed by atoms with van der Waals surface area (Å²) < 4.78 is 2.40. The molecule has 0 unspecified atom stereocenters. The zero-order valence-corrected chi connectivity index (χ0v) is 37.7. The number of anilines is 6. The third kappa shape index (κ3) is 8.09. The first-order valence-corrected chi connectivity index (χ1v) is 23.3. The second-order valence-corrected chi connectivity index (χ2v) is 17.1. The van der Waals surface area contributed by atoms with Crippen molar-refractivity contribution < 1.29 is 0 Å². The molecular weight excluding hydrogens is 839 g/mol. The highest BCUT2D eigenvalue weighted by molar-refractivity contribution is 6.11. The van der Waals surface area contributed by atoms with Crippen LogP contribution < -0.4 is 9.80 Å². The van der Waals surface area contributed by atoms with Gasteiger partial charge in [-0.15, -0.1) is 0 Å². The summed E-state index contributed by atoms with van der Waals surface area (Å²) in [5.41, 5.74) is 17.9. The summed E-state index contributed by atoms with van der Waals surface area (Å²) >= 11 is 0. The number of rotatable bonds is 11. The van der Waals surface area contributed by atoms with Crippen LogP contribution in [0.4, 0.5) is 34.1 Å². The smallest absolute Gasteiger partial charge is 0.159 e. The summed E-state index contributed by atoms with van der Waals surface area (Å²) in [4.78, 5) is 13.6. The monoisotopic (exact) mass is 883 g/mol. The fraction of sp³-hybridized carbons (Fsp3) is 0. The van der Waals surface area contributed by atoms with Crippen LogP contribution in [0.15, 0.2) is 273 Å². The lowest BCUT2D eigenvalue weighted by atomic mass is 9.99. The Morgan fingerprint density at radius 2 is 0.609 bits per heavy atom. The molecule has 0 aliphatic rings. The second kappa shape index (κ2) is 18.2. The van der Waals surface area contributed by atoms with Gasteiger partial charge in [0.2, 0.25) is 0 Å². The van der Waals surface area contributed by atoms with E-state index in [1.807, 2.05) is 6.07 Å². The van der Waals surface area contributed by atoms with Gasteiger partial charge < -0.3 is 14.4 Å². The van der Waals surface area contributed by atoms with E-state index in [0.29, 0.717) is 0 Å². The van der Waals surface area contributed by atoms with Gasteiger partial charge in [0.1, 0.15) is 0 Å². The van der Waals surface area contributed by atoms with Crippen LogP contribution >= 0.6 is 0 Å². The van der Waals surface area contributed by atoms with Crippen LogP contribution in [-0.2, 0) is 0 Å². The van der Waals surface area contributed by atoms with E-state index in [4.69, 9.17) is 0 Å². The van der Waals surface area contributed by atoms with Crippen molar-refractivity contribution in [1.82, 2.24) is 14.5 Å². The average Bonchev–Trinajstić information content (AvgIpc) is 3.76. The van der Waals surface area contributed by atoms with Crippen LogP contribution in [0.2, 0.25) is 0 Å². The fourth-order valence-electron chi connectivity index (χ4n) is 9.56. The van der Waals surface area contributed by atoms with Crippen LogP contribution in [0.3, 0.4) is 0 Å². The summed E-state index contributed by atoms with van der Waals surface area (Å²) in [6, 6.07) is 93.1. The number of fused-ring (bicyclic) bond motifs is 3. The molecule has 2 heterocycles. The van der Waals surface area contributed by atoms with Crippen molar-refractivity contribution in [3.8, 4) is 50.5 Å². The SMILES string of the molecule is c1ccc(N(c2ccccc2)c2ccc(-c3ccc4c(c3)c3cc(-c5ccc(N(c6ccccc6)c6ccccc6)cc5)ccc3n4-c3ccc(-c4cccc(-c5ncccn5)c4)cc3)cc2)cc1. The number of hydrogen-bond acceptors (Lipinski definition) is 4. The number of aromatic nitrogens is 3. The van der Waals surface area contributed by atoms with Crippen molar-refractivity contribution in [2.75, 3.05) is 9.80 Å². The Hall–Kier alpha value is -9.32. The highest BCUT2D eigenvalue weighted by atomic mass is 15.1. The topological polar surface area (TPSA) is 37.2 Å². The third-order valence-electron chi connectivity index (χ3n) is 12.9. The summed E-state index contributed by atoms with van der Waals surface area (Å²) in [7, 11) is 0. The van der Waals surface area contributed by atoms with Crippen LogP contribution in [0, 0.1) is 0 Å². The Morgan fingerprint density at radius 3 is 1.03 bits per heavy atom. The molecule has 12 rings (SSSR count). The van der Waals surface area contributed by atoms with E-state index in [1.165, 1.54) is 10.8 Å². The van der Waals surface area contributed by atoms with Crippen molar-refractivity contribution in [3.63, 3.8) is 0 Å². The molecule has 12 aromatic rings. The first-order valence-electron chi connectivity index (χ1n) is 23.3. The van der Waals surface area contributed by atoms with Gasteiger partial charge in [0.25, 0.3) is 0 Å². The minimum atomic E-state index is 0.717. The lowest BCUT2D eigenvalue weighted by molar-refractivity contribution is 1.17. The predicted molar refractivity (Wildman–Crippen MR) is 287 cm³/mol. The van der Waals surface area contributed by atoms with Gasteiger partial charge in [-0.3, -0.25) is 0 Å². The predicted octanol–water partition coefficient (Wildman–Crippen LogP) is 17.2. The molecule has 0 bridgehead atoms. The van der Waals surface area contributed by atoms with Gasteiger partial charge in [0.05, 0.1) is 11.0 Å². The fourth-order valence-corrected chi connectivity index (χ4v) is 9.56. The lowest BCUT2D eigenvalue weighted by Gasteiger charge is -2.25. The quantitative estimate of drug-likeness (QED) is 0.130. The van der Waals surface area contributed by atoms with E-state index in [0.717, 1.165) is 95.6 Å². The number of para-hydroxylation sites is 4. The van der Waals surface area contributed by atoms with Crippen LogP contribution in [-0.4, -0.2) is 14.5 Å². The normalized spacial score (nSPS) is 11.2. The van der Waals surface area contributed by atoms with Crippen LogP contribution in [0.1, 0.15) is 0 Å². The summed E-state index contributed by atoms with van der Waals surface area (Å²) in [6.07, 6.45) is 3.57. The maximum atomic E-state index is 4.49. The zero-order valence-electron chi connectivity index (χ0n) is 37.7. The highest BCUT2D eigenvalue weighted by Gasteiger charge is 2.18. The van der Waals surface area contributed by atoms with Crippen molar-refractivity contribution in [2.45, 2.75) is 0 Å². The second-order valence-electron chi connectivity index (χ2n) is 17.1. The Balaban J connectivity index is 0.945. The summed E-state index contributed by atoms with van der Waals surface area (Å²) in [5, 5.41) is 2.39. The molecule has 0 saturated heterocycles. The lowest BCUT2D eigenvalue weighted by Crippen LogP contribution is -2.09. The molecule has 0 saturated carbocycles. The van der Waals surface area contributed by atoms with Gasteiger partial charge in [-0.2, -0.15) is 0 Å². The molecule has 0 N–H and O–H groups in total. The Labute approximate surface area is 402 Å². The largest absolute Gasteiger partial charge is 0.311 e. The van der Waals surface area contributed by atoms with E-state index in [9.17, 15) is 0 Å². The molecule has 0 aliphatic heterocycles. The molecule has 0 radical (unpaired) electrons.